The Balaban J connectivity index is 2.74. The van der Waals surface area contributed by atoms with Gasteiger partial charge in [-0.1, -0.05) is 20.3 Å². The standard InChI is InChI=1S/C10H18O3/c1-7-4-3-5-8(2)10(7,13)6-9(11)12/h7-8,13H,3-6H2,1-2H3,(H,11,12). The Hall–Kier alpha value is -0.570. The van der Waals surface area contributed by atoms with E-state index in [0.29, 0.717) is 0 Å². The van der Waals surface area contributed by atoms with Crippen LogP contribution in [-0.2, 0) is 4.79 Å². The van der Waals surface area contributed by atoms with Gasteiger partial charge in [0.2, 0.25) is 0 Å². The van der Waals surface area contributed by atoms with Crippen molar-refractivity contribution in [1.29, 1.82) is 0 Å². The van der Waals surface area contributed by atoms with Crippen molar-refractivity contribution >= 4 is 5.97 Å². The molecule has 3 heteroatoms. The van der Waals surface area contributed by atoms with Crippen molar-refractivity contribution in [2.24, 2.45) is 11.8 Å². The Morgan fingerprint density at radius 1 is 1.38 bits per heavy atom. The SMILES string of the molecule is CC1CCCC(C)C1(O)CC(=O)O. The summed E-state index contributed by atoms with van der Waals surface area (Å²) >= 11 is 0. The highest BCUT2D eigenvalue weighted by molar-refractivity contribution is 5.68. The molecule has 0 heterocycles. The van der Waals surface area contributed by atoms with E-state index in [2.05, 4.69) is 0 Å². The van der Waals surface area contributed by atoms with Crippen molar-refractivity contribution in [3.05, 3.63) is 0 Å². The molecule has 0 spiro atoms. The fraction of sp³-hybridized carbons (Fsp3) is 0.900. The topological polar surface area (TPSA) is 57.5 Å². The Morgan fingerprint density at radius 3 is 2.23 bits per heavy atom. The van der Waals surface area contributed by atoms with E-state index in [-0.39, 0.29) is 18.3 Å². The molecule has 0 aromatic heterocycles. The van der Waals surface area contributed by atoms with Crippen LogP contribution in [0.2, 0.25) is 0 Å². The van der Waals surface area contributed by atoms with E-state index in [1.807, 2.05) is 13.8 Å². The number of hydrogen-bond donors (Lipinski definition) is 2. The van der Waals surface area contributed by atoms with Crippen LogP contribution in [-0.4, -0.2) is 21.8 Å². The fourth-order valence-corrected chi connectivity index (χ4v) is 2.31. The van der Waals surface area contributed by atoms with E-state index >= 15 is 0 Å². The number of rotatable bonds is 2. The van der Waals surface area contributed by atoms with Crippen LogP contribution in [0.3, 0.4) is 0 Å². The van der Waals surface area contributed by atoms with Crippen LogP contribution in [0.5, 0.6) is 0 Å². The summed E-state index contributed by atoms with van der Waals surface area (Å²) in [6.45, 7) is 3.89. The van der Waals surface area contributed by atoms with Crippen molar-refractivity contribution in [2.45, 2.75) is 45.1 Å². The van der Waals surface area contributed by atoms with Crippen molar-refractivity contribution in [3.8, 4) is 0 Å². The number of carboxylic acids is 1. The van der Waals surface area contributed by atoms with E-state index in [0.717, 1.165) is 19.3 Å². The average molecular weight is 186 g/mol. The van der Waals surface area contributed by atoms with E-state index in [1.54, 1.807) is 0 Å². The minimum atomic E-state index is -0.982. The van der Waals surface area contributed by atoms with Gasteiger partial charge in [-0.15, -0.1) is 0 Å². The van der Waals surface area contributed by atoms with Crippen molar-refractivity contribution < 1.29 is 15.0 Å². The van der Waals surface area contributed by atoms with Gasteiger partial charge in [0.15, 0.2) is 0 Å². The Bertz CT molecular complexity index is 190. The molecule has 0 aliphatic heterocycles. The van der Waals surface area contributed by atoms with Gasteiger partial charge in [0.25, 0.3) is 0 Å². The summed E-state index contributed by atoms with van der Waals surface area (Å²) < 4.78 is 0. The molecule has 0 bridgehead atoms. The zero-order chi connectivity index (χ0) is 10.1. The zero-order valence-corrected chi connectivity index (χ0v) is 8.29. The van der Waals surface area contributed by atoms with E-state index in [4.69, 9.17) is 5.11 Å². The number of aliphatic hydroxyl groups is 1. The smallest absolute Gasteiger partial charge is 0.306 e. The summed E-state index contributed by atoms with van der Waals surface area (Å²) in [5, 5.41) is 18.9. The molecule has 0 amide bonds. The van der Waals surface area contributed by atoms with E-state index < -0.39 is 11.6 Å². The van der Waals surface area contributed by atoms with Crippen molar-refractivity contribution in [1.82, 2.24) is 0 Å². The highest BCUT2D eigenvalue weighted by Gasteiger charge is 2.43. The van der Waals surface area contributed by atoms with Crippen LogP contribution in [0.1, 0.15) is 39.5 Å². The number of carbonyl (C=O) groups is 1. The minimum absolute atomic E-state index is 0.104. The predicted molar refractivity (Wildman–Crippen MR) is 49.4 cm³/mol. The summed E-state index contributed by atoms with van der Waals surface area (Å²) in [6.07, 6.45) is 2.86. The summed E-state index contributed by atoms with van der Waals surface area (Å²) in [7, 11) is 0. The Morgan fingerprint density at radius 2 is 1.85 bits per heavy atom. The second-order valence-corrected chi connectivity index (χ2v) is 4.29. The molecule has 0 aromatic carbocycles. The maximum atomic E-state index is 10.6. The fourth-order valence-electron chi connectivity index (χ4n) is 2.31. The van der Waals surface area contributed by atoms with Gasteiger partial charge in [-0.05, 0) is 24.7 Å². The van der Waals surface area contributed by atoms with Crippen LogP contribution in [0.4, 0.5) is 0 Å². The van der Waals surface area contributed by atoms with Crippen LogP contribution in [0, 0.1) is 11.8 Å². The van der Waals surface area contributed by atoms with Crippen molar-refractivity contribution in [3.63, 3.8) is 0 Å². The summed E-state index contributed by atoms with van der Waals surface area (Å²) in [6, 6.07) is 0. The third-order valence-corrected chi connectivity index (χ3v) is 3.42. The second-order valence-electron chi connectivity index (χ2n) is 4.29. The Labute approximate surface area is 78.8 Å². The average Bonchev–Trinajstić information content (AvgIpc) is 1.99. The lowest BCUT2D eigenvalue weighted by atomic mass is 9.68. The largest absolute Gasteiger partial charge is 0.481 e. The lowest BCUT2D eigenvalue weighted by Crippen LogP contribution is -2.47. The maximum Gasteiger partial charge on any atom is 0.306 e. The van der Waals surface area contributed by atoms with Crippen LogP contribution in [0.15, 0.2) is 0 Å². The monoisotopic (exact) mass is 186 g/mol. The molecule has 1 fully saturated rings. The number of aliphatic carboxylic acids is 1. The molecule has 0 radical (unpaired) electrons. The minimum Gasteiger partial charge on any atom is -0.481 e. The third-order valence-electron chi connectivity index (χ3n) is 3.42. The molecule has 2 atom stereocenters. The maximum absolute atomic E-state index is 10.6. The first kappa shape index (κ1) is 10.5. The number of hydrogen-bond acceptors (Lipinski definition) is 2. The van der Waals surface area contributed by atoms with Crippen molar-refractivity contribution in [2.75, 3.05) is 0 Å². The van der Waals surface area contributed by atoms with Gasteiger partial charge in [0.1, 0.15) is 0 Å². The van der Waals surface area contributed by atoms with Gasteiger partial charge in [-0.2, -0.15) is 0 Å². The van der Waals surface area contributed by atoms with E-state index in [1.165, 1.54) is 0 Å². The molecule has 13 heavy (non-hydrogen) atoms. The molecule has 1 saturated carbocycles. The second kappa shape index (κ2) is 3.66. The first-order chi connectivity index (χ1) is 5.97. The van der Waals surface area contributed by atoms with Gasteiger partial charge in [-0.3, -0.25) is 4.79 Å². The molecular weight excluding hydrogens is 168 g/mol. The van der Waals surface area contributed by atoms with Gasteiger partial charge in [0, 0.05) is 0 Å². The summed E-state index contributed by atoms with van der Waals surface area (Å²) in [5.74, 6) is -0.692. The van der Waals surface area contributed by atoms with Gasteiger partial charge in [0.05, 0.1) is 12.0 Å². The van der Waals surface area contributed by atoms with Gasteiger partial charge < -0.3 is 10.2 Å². The number of carboxylic acid groups (broad SMARTS) is 1. The third kappa shape index (κ3) is 2.02. The lowest BCUT2D eigenvalue weighted by molar-refractivity contribution is -0.151. The summed E-state index contributed by atoms with van der Waals surface area (Å²) in [5.41, 5.74) is -0.982. The first-order valence-corrected chi connectivity index (χ1v) is 4.91. The highest BCUT2D eigenvalue weighted by Crippen LogP contribution is 2.40. The molecule has 2 unspecified atom stereocenters. The first-order valence-electron chi connectivity index (χ1n) is 4.91. The molecule has 0 saturated heterocycles. The molecule has 76 valence electrons. The van der Waals surface area contributed by atoms with E-state index in [9.17, 15) is 9.90 Å². The molecule has 1 rings (SSSR count). The van der Waals surface area contributed by atoms with Crippen LogP contribution in [0.25, 0.3) is 0 Å². The molecule has 0 aromatic rings. The lowest BCUT2D eigenvalue weighted by Gasteiger charge is -2.42. The summed E-state index contributed by atoms with van der Waals surface area (Å²) in [4.78, 5) is 10.6. The Kier molecular flexibility index (Phi) is 2.96. The van der Waals surface area contributed by atoms with Gasteiger partial charge >= 0.3 is 5.97 Å². The van der Waals surface area contributed by atoms with Crippen LogP contribution < -0.4 is 0 Å². The molecule has 3 nitrogen and oxygen atoms in total. The van der Waals surface area contributed by atoms with Crippen LogP contribution >= 0.6 is 0 Å². The molecule has 1 aliphatic carbocycles. The molecular formula is C10H18O3. The quantitative estimate of drug-likeness (QED) is 0.689. The zero-order valence-electron chi connectivity index (χ0n) is 8.29. The highest BCUT2D eigenvalue weighted by atomic mass is 16.4. The normalized spacial score (nSPS) is 40.2. The molecule has 2 N–H and O–H groups in total. The predicted octanol–water partition coefficient (Wildman–Crippen LogP) is 1.65. The molecule has 1 aliphatic rings. The van der Waals surface area contributed by atoms with Gasteiger partial charge in [-0.25, -0.2) is 0 Å².